The second kappa shape index (κ2) is 8.91. The van der Waals surface area contributed by atoms with Gasteiger partial charge in [-0.2, -0.15) is 5.26 Å². The van der Waals surface area contributed by atoms with E-state index in [4.69, 9.17) is 5.26 Å². The number of aromatic nitrogens is 1. The summed E-state index contributed by atoms with van der Waals surface area (Å²) < 4.78 is 0. The number of aliphatic hydroxyl groups excluding tert-OH is 1. The Hall–Kier alpha value is -1.38. The van der Waals surface area contributed by atoms with Gasteiger partial charge in [0.2, 0.25) is 0 Å². The molecular weight excluding hydrogens is 290 g/mol. The summed E-state index contributed by atoms with van der Waals surface area (Å²) in [6.45, 7) is 11.9. The number of aliphatic hydroxyl groups is 1. The first-order valence-corrected chi connectivity index (χ1v) is 9.72. The van der Waals surface area contributed by atoms with Crippen molar-refractivity contribution in [2.45, 2.75) is 63.8 Å². The molecule has 0 aromatic carbocycles. The Morgan fingerprint density at radius 3 is 2.45 bits per heavy atom. The highest BCUT2D eigenvalue weighted by atomic mass is 28.3. The van der Waals surface area contributed by atoms with Crippen LogP contribution in [0.15, 0.2) is 18.5 Å². The largest absolute Gasteiger partial charge is 0.391 e. The van der Waals surface area contributed by atoms with E-state index in [0.29, 0.717) is 28.7 Å². The van der Waals surface area contributed by atoms with Gasteiger partial charge in [-0.1, -0.05) is 0 Å². The molecule has 2 N–H and O–H groups in total. The predicted octanol–water partition coefficient (Wildman–Crippen LogP) is 3.82. The van der Waals surface area contributed by atoms with Gasteiger partial charge in [0, 0.05) is 25.4 Å². The number of hydrogen-bond acceptors (Lipinski definition) is 4. The Morgan fingerprint density at radius 1 is 1.27 bits per heavy atom. The molecule has 1 aromatic heterocycles. The Balaban J connectivity index is 2.56. The number of hydrogen-bond donors (Lipinski definition) is 2. The van der Waals surface area contributed by atoms with Crippen LogP contribution >= 0.6 is 0 Å². The molecule has 0 fully saturated rings. The molecule has 0 aliphatic heterocycles. The molecule has 5 heteroatoms. The SMILES string of the molecule is CC(C)[Si+](C(C)C)C(C)CC(O)CNc1ccncc1C#N. The monoisotopic (exact) mass is 318 g/mol. The highest BCUT2D eigenvalue weighted by molar-refractivity contribution is 6.63. The van der Waals surface area contributed by atoms with Crippen LogP contribution in [0.3, 0.4) is 0 Å². The summed E-state index contributed by atoms with van der Waals surface area (Å²) >= 11 is 0. The van der Waals surface area contributed by atoms with Gasteiger partial charge in [-0.25, -0.2) is 0 Å². The summed E-state index contributed by atoms with van der Waals surface area (Å²) in [6.07, 6.45) is 3.60. The van der Waals surface area contributed by atoms with Crippen molar-refractivity contribution in [1.82, 2.24) is 4.98 Å². The zero-order chi connectivity index (χ0) is 16.7. The van der Waals surface area contributed by atoms with E-state index in [0.717, 1.165) is 12.1 Å². The topological polar surface area (TPSA) is 68.9 Å². The molecule has 2 atom stereocenters. The van der Waals surface area contributed by atoms with Gasteiger partial charge < -0.3 is 10.4 Å². The number of pyridine rings is 1. The van der Waals surface area contributed by atoms with Crippen molar-refractivity contribution in [3.63, 3.8) is 0 Å². The molecule has 0 spiro atoms. The summed E-state index contributed by atoms with van der Waals surface area (Å²) in [5.74, 6) is 0. The third kappa shape index (κ3) is 5.43. The summed E-state index contributed by atoms with van der Waals surface area (Å²) in [5, 5.41) is 22.5. The Kier molecular flexibility index (Phi) is 7.56. The molecule has 22 heavy (non-hydrogen) atoms. The molecule has 1 heterocycles. The third-order valence-electron chi connectivity index (χ3n) is 4.00. The molecule has 0 saturated heterocycles. The van der Waals surface area contributed by atoms with Crippen LogP contribution in [-0.4, -0.2) is 31.5 Å². The first-order valence-electron chi connectivity index (χ1n) is 7.99. The van der Waals surface area contributed by atoms with E-state index in [1.165, 1.54) is 6.20 Å². The minimum absolute atomic E-state index is 0.396. The van der Waals surface area contributed by atoms with Gasteiger partial charge in [-0.05, 0) is 40.7 Å². The number of anilines is 1. The Labute approximate surface area is 136 Å². The Bertz CT molecular complexity index is 491. The fraction of sp³-hybridized carbons (Fsp3) is 0.647. The van der Waals surface area contributed by atoms with Crippen molar-refractivity contribution in [2.24, 2.45) is 0 Å². The zero-order valence-electron chi connectivity index (χ0n) is 14.3. The van der Waals surface area contributed by atoms with Gasteiger partial charge in [0.1, 0.15) is 6.07 Å². The van der Waals surface area contributed by atoms with Gasteiger partial charge in [0.05, 0.1) is 34.0 Å². The zero-order valence-corrected chi connectivity index (χ0v) is 15.3. The third-order valence-corrected chi connectivity index (χ3v) is 8.04. The van der Waals surface area contributed by atoms with Crippen molar-refractivity contribution in [3.05, 3.63) is 24.0 Å². The molecule has 0 amide bonds. The van der Waals surface area contributed by atoms with E-state index >= 15 is 0 Å². The number of nitrogens with one attached hydrogen (secondary N) is 1. The molecule has 0 radical (unpaired) electrons. The smallest absolute Gasteiger partial charge is 0.323 e. The lowest BCUT2D eigenvalue weighted by molar-refractivity contribution is 0.175. The molecule has 0 bridgehead atoms. The summed E-state index contributed by atoms with van der Waals surface area (Å²) in [4.78, 5) is 3.93. The number of rotatable bonds is 8. The van der Waals surface area contributed by atoms with E-state index in [1.807, 2.05) is 0 Å². The molecule has 0 aliphatic carbocycles. The van der Waals surface area contributed by atoms with E-state index in [2.05, 4.69) is 51.0 Å². The fourth-order valence-corrected chi connectivity index (χ4v) is 7.45. The minimum atomic E-state index is -0.496. The maximum absolute atomic E-state index is 10.3. The first kappa shape index (κ1) is 18.7. The van der Waals surface area contributed by atoms with Gasteiger partial charge in [-0.15, -0.1) is 0 Å². The van der Waals surface area contributed by atoms with Crippen LogP contribution in [0.5, 0.6) is 0 Å². The fourth-order valence-electron chi connectivity index (χ4n) is 3.30. The number of nitriles is 1. The van der Waals surface area contributed by atoms with Crippen LogP contribution in [0.2, 0.25) is 16.6 Å². The van der Waals surface area contributed by atoms with Gasteiger partial charge in [-0.3, -0.25) is 4.98 Å². The minimum Gasteiger partial charge on any atom is -0.391 e. The molecule has 4 nitrogen and oxygen atoms in total. The predicted molar refractivity (Wildman–Crippen MR) is 93.4 cm³/mol. The van der Waals surface area contributed by atoms with Crippen molar-refractivity contribution in [3.8, 4) is 6.07 Å². The Morgan fingerprint density at radius 2 is 1.91 bits per heavy atom. The molecular formula is C17H28N3OSi+. The lowest BCUT2D eigenvalue weighted by Crippen LogP contribution is -2.30. The molecule has 1 aromatic rings. The van der Waals surface area contributed by atoms with E-state index in [-0.39, 0.29) is 0 Å². The maximum atomic E-state index is 10.3. The summed E-state index contributed by atoms with van der Waals surface area (Å²) in [5.41, 5.74) is 3.24. The molecule has 2 unspecified atom stereocenters. The molecule has 1 rings (SSSR count). The first-order chi connectivity index (χ1) is 10.4. The van der Waals surface area contributed by atoms with Crippen molar-refractivity contribution in [1.29, 1.82) is 5.26 Å². The summed E-state index contributed by atoms with van der Waals surface area (Å²) in [7, 11) is -0.496. The molecule has 0 saturated carbocycles. The lowest BCUT2D eigenvalue weighted by Gasteiger charge is -2.20. The summed E-state index contributed by atoms with van der Waals surface area (Å²) in [6, 6.07) is 3.88. The van der Waals surface area contributed by atoms with Crippen LogP contribution in [0.1, 0.15) is 46.6 Å². The lowest BCUT2D eigenvalue weighted by atomic mass is 10.2. The average molecular weight is 319 g/mol. The molecule has 0 aliphatic rings. The van der Waals surface area contributed by atoms with Gasteiger partial charge in [0.15, 0.2) is 0 Å². The average Bonchev–Trinajstić information content (AvgIpc) is 2.44. The van der Waals surface area contributed by atoms with Crippen LogP contribution in [0.4, 0.5) is 5.69 Å². The maximum Gasteiger partial charge on any atom is 0.323 e. The van der Waals surface area contributed by atoms with E-state index in [9.17, 15) is 5.11 Å². The van der Waals surface area contributed by atoms with E-state index in [1.54, 1.807) is 12.3 Å². The van der Waals surface area contributed by atoms with Crippen molar-refractivity contribution in [2.75, 3.05) is 11.9 Å². The van der Waals surface area contributed by atoms with Gasteiger partial charge >= 0.3 is 8.80 Å². The van der Waals surface area contributed by atoms with Gasteiger partial charge in [0.25, 0.3) is 0 Å². The van der Waals surface area contributed by atoms with Crippen molar-refractivity contribution < 1.29 is 5.11 Å². The van der Waals surface area contributed by atoms with Crippen LogP contribution < -0.4 is 5.32 Å². The quantitative estimate of drug-likeness (QED) is 0.715. The second-order valence-electron chi connectivity index (χ2n) is 6.51. The van der Waals surface area contributed by atoms with E-state index < -0.39 is 14.9 Å². The standard InChI is InChI=1S/C17H28N3OSi/c1-12(2)22(13(3)4)14(5)8-16(21)11-20-17-6-7-19-10-15(17)9-18/h6-7,10,12-14,16,21H,8,11H2,1-5H3,(H,19,20)/q+1. The highest BCUT2D eigenvalue weighted by Gasteiger charge is 2.41. The van der Waals surface area contributed by atoms with Crippen LogP contribution in [0, 0.1) is 11.3 Å². The normalized spacial score (nSPS) is 13.8. The van der Waals surface area contributed by atoms with Crippen molar-refractivity contribution >= 4 is 14.5 Å². The highest BCUT2D eigenvalue weighted by Crippen LogP contribution is 2.32. The van der Waals surface area contributed by atoms with Crippen LogP contribution in [0.25, 0.3) is 0 Å². The van der Waals surface area contributed by atoms with Crippen LogP contribution in [-0.2, 0) is 0 Å². The molecule has 120 valence electrons. The number of nitrogens with zero attached hydrogens (tertiary/aromatic N) is 2. The second-order valence-corrected chi connectivity index (χ2v) is 10.8.